The van der Waals surface area contributed by atoms with Gasteiger partial charge in [-0.15, -0.1) is 0 Å². The van der Waals surface area contributed by atoms with Crippen molar-refractivity contribution in [3.05, 3.63) is 29.8 Å². The van der Waals surface area contributed by atoms with E-state index in [0.29, 0.717) is 5.75 Å². The van der Waals surface area contributed by atoms with E-state index in [1.165, 1.54) is 24.3 Å². The van der Waals surface area contributed by atoms with Crippen LogP contribution in [-0.4, -0.2) is 24.3 Å². The van der Waals surface area contributed by atoms with Crippen molar-refractivity contribution in [2.45, 2.75) is 0 Å². The van der Waals surface area contributed by atoms with Crippen molar-refractivity contribution in [1.29, 1.82) is 0 Å². The number of aromatic carboxylic acids is 1. The van der Waals surface area contributed by atoms with Gasteiger partial charge in [0, 0.05) is 0 Å². The number of carbonyl (C=O) groups is 1. The second-order valence-electron chi connectivity index (χ2n) is 2.38. The van der Waals surface area contributed by atoms with Crippen LogP contribution in [0.25, 0.3) is 0 Å². The van der Waals surface area contributed by atoms with Gasteiger partial charge in [-0.3, -0.25) is 0 Å². The Morgan fingerprint density at radius 1 is 1.36 bits per heavy atom. The molecule has 5 heteroatoms. The molecule has 1 aromatic carbocycles. The van der Waals surface area contributed by atoms with Gasteiger partial charge in [0.15, 0.2) is 0 Å². The number of aliphatic hydroxyl groups is 1. The van der Waals surface area contributed by atoms with E-state index in [1.807, 2.05) is 0 Å². The molecule has 1 N–H and O–H groups in total. The van der Waals surface area contributed by atoms with Crippen LogP contribution < -0.4 is 39.4 Å². The van der Waals surface area contributed by atoms with Crippen LogP contribution in [0.15, 0.2) is 24.3 Å². The minimum Gasteiger partial charge on any atom is -0.545 e. The Morgan fingerprint density at radius 2 is 1.93 bits per heavy atom. The number of hydrogen-bond donors (Lipinski definition) is 1. The third kappa shape index (κ3) is 4.11. The van der Waals surface area contributed by atoms with E-state index in [2.05, 4.69) is 0 Å². The number of hydrogen-bond acceptors (Lipinski definition) is 4. The minimum absolute atomic E-state index is 0. The summed E-state index contributed by atoms with van der Waals surface area (Å²) in [4.78, 5) is 10.3. The number of carbonyl (C=O) groups excluding carboxylic acids is 1. The van der Waals surface area contributed by atoms with Crippen LogP contribution in [0.1, 0.15) is 10.4 Å². The summed E-state index contributed by atoms with van der Waals surface area (Å²) in [7, 11) is 0. The predicted octanol–water partition coefficient (Wildman–Crippen LogP) is -3.57. The first-order valence-electron chi connectivity index (χ1n) is 3.79. The molecule has 0 unspecified atom stereocenters. The number of carboxylic acids is 1. The number of carboxylic acid groups (broad SMARTS) is 1. The maximum absolute atomic E-state index is 10.3. The van der Waals surface area contributed by atoms with E-state index in [1.54, 1.807) is 0 Å². The van der Waals surface area contributed by atoms with Crippen molar-refractivity contribution in [2.24, 2.45) is 0 Å². The maximum Gasteiger partial charge on any atom is 1.00 e. The normalized spacial score (nSPS) is 8.93. The summed E-state index contributed by atoms with van der Waals surface area (Å²) >= 11 is 0. The molecule has 0 fully saturated rings. The second kappa shape index (κ2) is 6.84. The SMILES string of the molecule is O=C([O-])c1ccc(OCCO)cc1.[Na+]. The fraction of sp³-hybridized carbons (Fsp3) is 0.222. The van der Waals surface area contributed by atoms with Gasteiger partial charge in [-0.05, 0) is 29.8 Å². The molecule has 0 aromatic heterocycles. The summed E-state index contributed by atoms with van der Waals surface area (Å²) in [6, 6.07) is 5.81. The summed E-state index contributed by atoms with van der Waals surface area (Å²) in [6.07, 6.45) is 0. The van der Waals surface area contributed by atoms with Gasteiger partial charge in [0.2, 0.25) is 0 Å². The number of ether oxygens (including phenoxy) is 1. The molecule has 0 saturated carbocycles. The molecule has 1 rings (SSSR count). The molecule has 0 aliphatic carbocycles. The summed E-state index contributed by atoms with van der Waals surface area (Å²) in [6.45, 7) is 0.132. The van der Waals surface area contributed by atoms with Crippen LogP contribution in [0.5, 0.6) is 5.75 Å². The topological polar surface area (TPSA) is 69.6 Å². The zero-order chi connectivity index (χ0) is 9.68. The molecule has 0 radical (unpaired) electrons. The fourth-order valence-electron chi connectivity index (χ4n) is 0.851. The molecule has 0 spiro atoms. The fourth-order valence-corrected chi connectivity index (χ4v) is 0.851. The minimum atomic E-state index is -1.21. The van der Waals surface area contributed by atoms with Gasteiger partial charge >= 0.3 is 29.6 Å². The van der Waals surface area contributed by atoms with Crippen molar-refractivity contribution in [2.75, 3.05) is 13.2 Å². The van der Waals surface area contributed by atoms with Gasteiger partial charge in [-0.1, -0.05) is 0 Å². The number of aliphatic hydroxyl groups excluding tert-OH is 1. The van der Waals surface area contributed by atoms with Crippen LogP contribution in [-0.2, 0) is 0 Å². The molecular weight excluding hydrogens is 195 g/mol. The van der Waals surface area contributed by atoms with Gasteiger partial charge in [0.25, 0.3) is 0 Å². The van der Waals surface area contributed by atoms with Crippen LogP contribution in [0.3, 0.4) is 0 Å². The Balaban J connectivity index is 0.00000169. The summed E-state index contributed by atoms with van der Waals surface area (Å²) < 4.78 is 5.03. The number of benzene rings is 1. The van der Waals surface area contributed by atoms with Gasteiger partial charge in [0.1, 0.15) is 12.4 Å². The monoisotopic (exact) mass is 204 g/mol. The van der Waals surface area contributed by atoms with Crippen molar-refractivity contribution in [3.8, 4) is 5.75 Å². The molecule has 0 saturated heterocycles. The molecular formula is C9H9NaO4. The third-order valence-electron chi connectivity index (χ3n) is 1.45. The molecule has 14 heavy (non-hydrogen) atoms. The van der Waals surface area contributed by atoms with E-state index in [4.69, 9.17) is 9.84 Å². The zero-order valence-corrected chi connectivity index (χ0v) is 9.90. The first-order chi connectivity index (χ1) is 6.24. The maximum atomic E-state index is 10.3. The van der Waals surface area contributed by atoms with Crippen LogP contribution in [0, 0.1) is 0 Å². The smallest absolute Gasteiger partial charge is 0.545 e. The zero-order valence-electron chi connectivity index (χ0n) is 7.90. The number of rotatable bonds is 4. The Morgan fingerprint density at radius 3 is 2.36 bits per heavy atom. The standard InChI is InChI=1S/C9H10O4.Na/c10-5-6-13-8-3-1-7(2-4-8)9(11)12;/h1-4,10H,5-6H2,(H,11,12);/q;+1/p-1. The molecule has 1 aromatic rings. The van der Waals surface area contributed by atoms with Crippen molar-refractivity contribution in [1.82, 2.24) is 0 Å². The molecule has 0 aliphatic rings. The molecule has 0 amide bonds. The average Bonchev–Trinajstić information content (AvgIpc) is 2.15. The largest absolute Gasteiger partial charge is 1.00 e. The van der Waals surface area contributed by atoms with Gasteiger partial charge in [-0.2, -0.15) is 0 Å². The van der Waals surface area contributed by atoms with Crippen molar-refractivity contribution < 1.29 is 49.3 Å². The Kier molecular flexibility index (Phi) is 6.57. The summed E-state index contributed by atoms with van der Waals surface area (Å²) in [5, 5.41) is 18.8. The molecule has 0 atom stereocenters. The van der Waals surface area contributed by atoms with E-state index >= 15 is 0 Å². The Bertz CT molecular complexity index is 283. The van der Waals surface area contributed by atoms with Crippen molar-refractivity contribution >= 4 is 5.97 Å². The van der Waals surface area contributed by atoms with E-state index < -0.39 is 5.97 Å². The predicted molar refractivity (Wildman–Crippen MR) is 43.4 cm³/mol. The third-order valence-corrected chi connectivity index (χ3v) is 1.45. The molecule has 0 aliphatic heterocycles. The molecule has 4 nitrogen and oxygen atoms in total. The van der Waals surface area contributed by atoms with Crippen LogP contribution in [0.2, 0.25) is 0 Å². The van der Waals surface area contributed by atoms with Crippen LogP contribution >= 0.6 is 0 Å². The first kappa shape index (κ1) is 13.4. The van der Waals surface area contributed by atoms with E-state index in [9.17, 15) is 9.90 Å². The molecule has 0 bridgehead atoms. The van der Waals surface area contributed by atoms with E-state index in [0.717, 1.165) is 0 Å². The van der Waals surface area contributed by atoms with Crippen molar-refractivity contribution in [3.63, 3.8) is 0 Å². The second-order valence-corrected chi connectivity index (χ2v) is 2.38. The summed E-state index contributed by atoms with van der Waals surface area (Å²) in [5.41, 5.74) is 0.108. The quantitative estimate of drug-likeness (QED) is 0.515. The van der Waals surface area contributed by atoms with Gasteiger partial charge < -0.3 is 19.7 Å². The Labute approximate surface area is 104 Å². The average molecular weight is 204 g/mol. The van der Waals surface area contributed by atoms with Gasteiger partial charge in [-0.25, -0.2) is 0 Å². The van der Waals surface area contributed by atoms with E-state index in [-0.39, 0.29) is 48.3 Å². The van der Waals surface area contributed by atoms with Crippen LogP contribution in [0.4, 0.5) is 0 Å². The summed E-state index contributed by atoms with van der Waals surface area (Å²) in [5.74, 6) is -0.687. The van der Waals surface area contributed by atoms with Gasteiger partial charge in [0.05, 0.1) is 12.6 Å². The molecule has 0 heterocycles. The molecule has 70 valence electrons. The first-order valence-corrected chi connectivity index (χ1v) is 3.79. The Hall–Kier alpha value is -0.550.